The summed E-state index contributed by atoms with van der Waals surface area (Å²) < 4.78 is 64.8. The predicted molar refractivity (Wildman–Crippen MR) is 145 cm³/mol. The van der Waals surface area contributed by atoms with E-state index in [0.29, 0.717) is 34.9 Å². The first-order chi connectivity index (χ1) is 19.0. The zero-order valence-electron chi connectivity index (χ0n) is 21.2. The van der Waals surface area contributed by atoms with Gasteiger partial charge in [-0.25, -0.2) is 9.37 Å². The van der Waals surface area contributed by atoms with Gasteiger partial charge in [0.25, 0.3) is 0 Å². The number of carboxylic acid groups (broad SMARTS) is 1. The number of carbonyl (C=O) groups is 1. The Morgan fingerprint density at radius 1 is 1.05 bits per heavy atom. The standard InChI is InChI=1S/C29H24ClF4NO4S/c1-17-15-21(11-7-18(17)8-12-26(36)37)38-14-13-25-24(16-39-27-22(30)3-2-4-23(27)31)35-28(40-25)19-5-9-20(10-6-19)29(32,33)34/h2-7,9-11,15H,8,12-14,16H2,1H3,(H,36,37). The lowest BCUT2D eigenvalue weighted by atomic mass is 10.0. The number of rotatable bonds is 11. The number of carboxylic acids is 1. The molecule has 1 aromatic heterocycles. The second-order valence-corrected chi connectivity index (χ2v) is 10.4. The Bertz CT molecular complexity index is 1470. The number of aliphatic carboxylic acids is 1. The number of hydrogen-bond donors (Lipinski definition) is 1. The van der Waals surface area contributed by atoms with Crippen LogP contribution in [-0.2, 0) is 30.4 Å². The number of benzene rings is 3. The minimum Gasteiger partial charge on any atom is -0.493 e. The molecule has 4 rings (SSSR count). The highest BCUT2D eigenvalue weighted by molar-refractivity contribution is 7.15. The number of aryl methyl sites for hydroxylation is 2. The van der Waals surface area contributed by atoms with Crippen LogP contribution in [0.15, 0.2) is 60.7 Å². The molecule has 0 bridgehead atoms. The Kier molecular flexibility index (Phi) is 9.32. The number of hydrogen-bond acceptors (Lipinski definition) is 5. The Morgan fingerprint density at radius 3 is 2.45 bits per heavy atom. The fourth-order valence-electron chi connectivity index (χ4n) is 3.92. The molecule has 0 amide bonds. The summed E-state index contributed by atoms with van der Waals surface area (Å²) in [5.74, 6) is -0.997. The summed E-state index contributed by atoms with van der Waals surface area (Å²) in [6, 6.07) is 14.3. The van der Waals surface area contributed by atoms with E-state index < -0.39 is 23.5 Å². The van der Waals surface area contributed by atoms with Crippen molar-refractivity contribution < 1.29 is 36.9 Å². The van der Waals surface area contributed by atoms with E-state index in [2.05, 4.69) is 4.98 Å². The first-order valence-electron chi connectivity index (χ1n) is 12.2. The summed E-state index contributed by atoms with van der Waals surface area (Å²) in [5.41, 5.74) is 2.07. The lowest BCUT2D eigenvalue weighted by Gasteiger charge is -2.11. The number of aromatic nitrogens is 1. The number of nitrogens with zero attached hydrogens (tertiary/aromatic N) is 1. The molecule has 0 atom stereocenters. The Balaban J connectivity index is 1.51. The van der Waals surface area contributed by atoms with Gasteiger partial charge in [-0.1, -0.05) is 35.9 Å². The quantitative estimate of drug-likeness (QED) is 0.178. The molecule has 1 N–H and O–H groups in total. The third kappa shape index (κ3) is 7.51. The number of alkyl halides is 3. The number of ether oxygens (including phenoxy) is 2. The third-order valence-corrected chi connectivity index (χ3v) is 7.53. The Labute approximate surface area is 237 Å². The van der Waals surface area contributed by atoms with Gasteiger partial charge in [0.2, 0.25) is 0 Å². The van der Waals surface area contributed by atoms with Crippen molar-refractivity contribution in [2.45, 2.75) is 39.0 Å². The zero-order chi connectivity index (χ0) is 28.9. The largest absolute Gasteiger partial charge is 0.493 e. The van der Waals surface area contributed by atoms with E-state index in [4.69, 9.17) is 26.2 Å². The van der Waals surface area contributed by atoms with Crippen molar-refractivity contribution in [2.24, 2.45) is 0 Å². The van der Waals surface area contributed by atoms with E-state index in [-0.39, 0.29) is 30.4 Å². The van der Waals surface area contributed by atoms with Crippen LogP contribution in [-0.4, -0.2) is 22.7 Å². The predicted octanol–water partition coefficient (Wildman–Crippen LogP) is 8.15. The lowest BCUT2D eigenvalue weighted by molar-refractivity contribution is -0.138. The summed E-state index contributed by atoms with van der Waals surface area (Å²) in [5, 5.41) is 9.50. The molecule has 1 heterocycles. The molecule has 3 aromatic carbocycles. The van der Waals surface area contributed by atoms with Gasteiger partial charge in [-0.3, -0.25) is 4.79 Å². The van der Waals surface area contributed by atoms with E-state index in [1.165, 1.54) is 41.7 Å². The van der Waals surface area contributed by atoms with Gasteiger partial charge in [0, 0.05) is 23.3 Å². The van der Waals surface area contributed by atoms with Gasteiger partial charge in [0.05, 0.1) is 22.9 Å². The van der Waals surface area contributed by atoms with Crippen LogP contribution in [0.4, 0.5) is 17.6 Å². The van der Waals surface area contributed by atoms with Crippen LogP contribution in [0.1, 0.15) is 33.7 Å². The molecule has 5 nitrogen and oxygen atoms in total. The van der Waals surface area contributed by atoms with Crippen LogP contribution < -0.4 is 9.47 Å². The first kappa shape index (κ1) is 29.4. The molecule has 0 radical (unpaired) electrons. The molecule has 0 spiro atoms. The Hall–Kier alpha value is -3.63. The molecule has 0 saturated heterocycles. The average molecular weight is 594 g/mol. The molecule has 0 fully saturated rings. The van der Waals surface area contributed by atoms with E-state index >= 15 is 0 Å². The topological polar surface area (TPSA) is 68.7 Å². The molecule has 210 valence electrons. The van der Waals surface area contributed by atoms with E-state index in [9.17, 15) is 22.4 Å². The van der Waals surface area contributed by atoms with Gasteiger partial charge < -0.3 is 14.6 Å². The fraction of sp³-hybridized carbons (Fsp3) is 0.241. The van der Waals surface area contributed by atoms with Crippen LogP contribution in [0.2, 0.25) is 5.02 Å². The Morgan fingerprint density at radius 2 is 1.80 bits per heavy atom. The van der Waals surface area contributed by atoms with Gasteiger partial charge >= 0.3 is 12.1 Å². The van der Waals surface area contributed by atoms with Crippen molar-refractivity contribution >= 4 is 28.9 Å². The van der Waals surface area contributed by atoms with Crippen molar-refractivity contribution in [2.75, 3.05) is 6.61 Å². The highest BCUT2D eigenvalue weighted by Gasteiger charge is 2.30. The van der Waals surface area contributed by atoms with Crippen LogP contribution in [0.5, 0.6) is 11.5 Å². The summed E-state index contributed by atoms with van der Waals surface area (Å²) in [7, 11) is 0. The maximum absolute atomic E-state index is 14.2. The molecule has 11 heteroatoms. The number of halogens is 5. The first-order valence-corrected chi connectivity index (χ1v) is 13.4. The molecule has 0 saturated carbocycles. The average Bonchev–Trinajstić information content (AvgIpc) is 3.30. The smallest absolute Gasteiger partial charge is 0.416 e. The van der Waals surface area contributed by atoms with E-state index in [1.54, 1.807) is 6.07 Å². The van der Waals surface area contributed by atoms with Crippen LogP contribution in [0.3, 0.4) is 0 Å². The molecular weight excluding hydrogens is 570 g/mol. The molecule has 0 aliphatic carbocycles. The number of para-hydroxylation sites is 1. The van der Waals surface area contributed by atoms with Gasteiger partial charge in [0.1, 0.15) is 17.4 Å². The minimum atomic E-state index is -4.45. The second kappa shape index (κ2) is 12.7. The molecular formula is C29H24ClF4NO4S. The maximum atomic E-state index is 14.2. The molecule has 0 aliphatic heterocycles. The van der Waals surface area contributed by atoms with Crippen LogP contribution in [0.25, 0.3) is 10.6 Å². The maximum Gasteiger partial charge on any atom is 0.416 e. The van der Waals surface area contributed by atoms with Crippen molar-refractivity contribution in [3.05, 3.63) is 98.8 Å². The lowest BCUT2D eigenvalue weighted by Crippen LogP contribution is -2.06. The zero-order valence-corrected chi connectivity index (χ0v) is 22.8. The van der Waals surface area contributed by atoms with E-state index in [1.807, 2.05) is 19.1 Å². The fourth-order valence-corrected chi connectivity index (χ4v) is 5.19. The van der Waals surface area contributed by atoms with Crippen molar-refractivity contribution in [3.63, 3.8) is 0 Å². The third-order valence-electron chi connectivity index (χ3n) is 6.03. The summed E-state index contributed by atoms with van der Waals surface area (Å²) in [6.07, 6.45) is -3.59. The van der Waals surface area contributed by atoms with Crippen LogP contribution >= 0.6 is 22.9 Å². The van der Waals surface area contributed by atoms with Crippen LogP contribution in [0, 0.1) is 12.7 Å². The van der Waals surface area contributed by atoms with Gasteiger partial charge in [-0.15, -0.1) is 11.3 Å². The van der Waals surface area contributed by atoms with Gasteiger partial charge in [-0.2, -0.15) is 13.2 Å². The second-order valence-electron chi connectivity index (χ2n) is 8.88. The monoisotopic (exact) mass is 593 g/mol. The molecule has 0 unspecified atom stereocenters. The molecule has 0 aliphatic rings. The number of thiazole rings is 1. The molecule has 40 heavy (non-hydrogen) atoms. The van der Waals surface area contributed by atoms with Crippen molar-refractivity contribution in [1.82, 2.24) is 4.98 Å². The molecule has 4 aromatic rings. The van der Waals surface area contributed by atoms with E-state index in [0.717, 1.165) is 28.1 Å². The summed E-state index contributed by atoms with van der Waals surface area (Å²) in [4.78, 5) is 16.2. The summed E-state index contributed by atoms with van der Waals surface area (Å²) in [6.45, 7) is 2.04. The normalized spacial score (nSPS) is 11.4. The van der Waals surface area contributed by atoms with Crippen molar-refractivity contribution in [3.8, 4) is 22.1 Å². The highest BCUT2D eigenvalue weighted by Crippen LogP contribution is 2.34. The minimum absolute atomic E-state index is 0.0383. The van der Waals surface area contributed by atoms with Gasteiger partial charge in [0.15, 0.2) is 11.6 Å². The highest BCUT2D eigenvalue weighted by atomic mass is 35.5. The SMILES string of the molecule is Cc1cc(OCCc2sc(-c3ccc(C(F)(F)F)cc3)nc2COc2c(F)cccc2Cl)ccc1CCC(=O)O. The summed E-state index contributed by atoms with van der Waals surface area (Å²) >= 11 is 7.36. The van der Waals surface area contributed by atoms with Crippen molar-refractivity contribution in [1.29, 1.82) is 0 Å². The van der Waals surface area contributed by atoms with Gasteiger partial charge in [-0.05, 0) is 60.9 Å².